The van der Waals surface area contributed by atoms with Crippen LogP contribution in [0.5, 0.6) is 0 Å². The molecule has 1 rings (SSSR count). The lowest BCUT2D eigenvalue weighted by atomic mass is 10.0. The van der Waals surface area contributed by atoms with E-state index >= 15 is 0 Å². The number of rotatable bonds is 7. The topological polar surface area (TPSA) is 21.3 Å². The molecule has 0 saturated heterocycles. The van der Waals surface area contributed by atoms with Gasteiger partial charge in [-0.1, -0.05) is 13.8 Å². The predicted molar refractivity (Wildman–Crippen MR) is 60.5 cm³/mol. The molecule has 1 N–H and O–H groups in total. The van der Waals surface area contributed by atoms with Crippen molar-refractivity contribution in [2.24, 2.45) is 5.41 Å². The molecule has 1 fully saturated rings. The highest BCUT2D eigenvalue weighted by molar-refractivity contribution is 4.94. The summed E-state index contributed by atoms with van der Waals surface area (Å²) in [6.45, 7) is 10.7. The van der Waals surface area contributed by atoms with E-state index in [1.165, 1.54) is 25.8 Å². The predicted octanol–water partition coefficient (Wildman–Crippen LogP) is 2.58. The van der Waals surface area contributed by atoms with Crippen LogP contribution in [0.15, 0.2) is 0 Å². The summed E-state index contributed by atoms with van der Waals surface area (Å²) in [5, 5.41) is 3.53. The van der Waals surface area contributed by atoms with Crippen molar-refractivity contribution in [3.63, 3.8) is 0 Å². The third-order valence-corrected chi connectivity index (χ3v) is 2.93. The van der Waals surface area contributed by atoms with Gasteiger partial charge < -0.3 is 10.1 Å². The zero-order valence-corrected chi connectivity index (χ0v) is 10.1. The molecule has 2 nitrogen and oxygen atoms in total. The van der Waals surface area contributed by atoms with Crippen LogP contribution in [0.25, 0.3) is 0 Å². The minimum Gasteiger partial charge on any atom is -0.379 e. The van der Waals surface area contributed by atoms with Crippen LogP contribution >= 0.6 is 0 Å². The van der Waals surface area contributed by atoms with Crippen LogP contribution in [-0.4, -0.2) is 25.3 Å². The van der Waals surface area contributed by atoms with Gasteiger partial charge in [-0.15, -0.1) is 0 Å². The highest BCUT2D eigenvalue weighted by Gasteiger charge is 2.41. The van der Waals surface area contributed by atoms with E-state index in [0.717, 1.165) is 6.61 Å². The zero-order valence-electron chi connectivity index (χ0n) is 10.1. The first-order chi connectivity index (χ1) is 6.54. The molecule has 1 aliphatic carbocycles. The van der Waals surface area contributed by atoms with Crippen LogP contribution in [0, 0.1) is 5.41 Å². The third-order valence-electron chi connectivity index (χ3n) is 2.93. The second-order valence-electron chi connectivity index (χ2n) is 5.21. The first-order valence-corrected chi connectivity index (χ1v) is 5.89. The summed E-state index contributed by atoms with van der Waals surface area (Å²) in [6.07, 6.45) is 4.37. The van der Waals surface area contributed by atoms with E-state index < -0.39 is 0 Å². The molecule has 1 aliphatic rings. The lowest BCUT2D eigenvalue weighted by molar-refractivity contribution is 0.0656. The Hall–Kier alpha value is -0.0800. The minimum atomic E-state index is 0.379. The molecule has 84 valence electrons. The molecule has 2 heteroatoms. The average molecular weight is 199 g/mol. The van der Waals surface area contributed by atoms with E-state index in [9.17, 15) is 0 Å². The average Bonchev–Trinajstić information content (AvgIpc) is 2.82. The van der Waals surface area contributed by atoms with E-state index in [1.807, 2.05) is 0 Å². The Morgan fingerprint density at radius 1 is 1.21 bits per heavy atom. The van der Waals surface area contributed by atoms with Gasteiger partial charge in [0.2, 0.25) is 0 Å². The molecule has 14 heavy (non-hydrogen) atoms. The fourth-order valence-corrected chi connectivity index (χ4v) is 1.62. The van der Waals surface area contributed by atoms with Gasteiger partial charge in [0.15, 0.2) is 0 Å². The van der Waals surface area contributed by atoms with Crippen molar-refractivity contribution in [3.8, 4) is 0 Å². The Labute approximate surface area is 88.4 Å². The normalized spacial score (nSPS) is 19.3. The van der Waals surface area contributed by atoms with E-state index in [-0.39, 0.29) is 0 Å². The van der Waals surface area contributed by atoms with Crippen LogP contribution in [0.1, 0.15) is 47.0 Å². The van der Waals surface area contributed by atoms with E-state index in [0.29, 0.717) is 17.6 Å². The van der Waals surface area contributed by atoms with E-state index in [4.69, 9.17) is 4.74 Å². The van der Waals surface area contributed by atoms with Crippen molar-refractivity contribution in [1.82, 2.24) is 5.32 Å². The van der Waals surface area contributed by atoms with Gasteiger partial charge >= 0.3 is 0 Å². The van der Waals surface area contributed by atoms with Gasteiger partial charge in [0.05, 0.1) is 6.10 Å². The van der Waals surface area contributed by atoms with Crippen molar-refractivity contribution in [1.29, 1.82) is 0 Å². The maximum atomic E-state index is 5.60. The van der Waals surface area contributed by atoms with Gasteiger partial charge in [-0.05, 0) is 38.5 Å². The van der Waals surface area contributed by atoms with Crippen molar-refractivity contribution in [2.45, 2.75) is 59.1 Å². The monoisotopic (exact) mass is 199 g/mol. The molecule has 0 atom stereocenters. The Morgan fingerprint density at radius 2 is 1.86 bits per heavy atom. The van der Waals surface area contributed by atoms with Gasteiger partial charge in [0.1, 0.15) is 0 Å². The molecule has 0 aromatic carbocycles. The highest BCUT2D eigenvalue weighted by atomic mass is 16.5. The van der Waals surface area contributed by atoms with Crippen molar-refractivity contribution in [3.05, 3.63) is 0 Å². The molecule has 0 spiro atoms. The second-order valence-corrected chi connectivity index (χ2v) is 5.21. The minimum absolute atomic E-state index is 0.379. The highest BCUT2D eigenvalue weighted by Crippen LogP contribution is 2.48. The number of hydrogen-bond acceptors (Lipinski definition) is 2. The third kappa shape index (κ3) is 4.43. The van der Waals surface area contributed by atoms with Gasteiger partial charge in [-0.3, -0.25) is 0 Å². The van der Waals surface area contributed by atoms with Gasteiger partial charge in [0.25, 0.3) is 0 Å². The fraction of sp³-hybridized carbons (Fsp3) is 1.00. The van der Waals surface area contributed by atoms with Crippen LogP contribution in [0.4, 0.5) is 0 Å². The molecule has 0 aromatic heterocycles. The van der Waals surface area contributed by atoms with Crippen LogP contribution in [-0.2, 0) is 4.74 Å². The van der Waals surface area contributed by atoms with Crippen molar-refractivity contribution in [2.75, 3.05) is 13.2 Å². The standard InChI is InChI=1S/C12H25NO/c1-10(2)13-9-12(5-6-12)7-8-14-11(3)4/h10-11,13H,5-9H2,1-4H3. The summed E-state index contributed by atoms with van der Waals surface area (Å²) >= 11 is 0. The lowest BCUT2D eigenvalue weighted by Gasteiger charge is -2.18. The number of ether oxygens (including phenoxy) is 1. The Bertz CT molecular complexity index is 162. The SMILES string of the molecule is CC(C)NCC1(CCOC(C)C)CC1. The fourth-order valence-electron chi connectivity index (χ4n) is 1.62. The molecule has 0 aromatic rings. The van der Waals surface area contributed by atoms with Crippen LogP contribution in [0.2, 0.25) is 0 Å². The van der Waals surface area contributed by atoms with Crippen LogP contribution in [0.3, 0.4) is 0 Å². The van der Waals surface area contributed by atoms with Gasteiger partial charge in [-0.25, -0.2) is 0 Å². The summed E-state index contributed by atoms with van der Waals surface area (Å²) in [7, 11) is 0. The van der Waals surface area contributed by atoms with E-state index in [2.05, 4.69) is 33.0 Å². The smallest absolute Gasteiger partial charge is 0.0518 e. The second kappa shape index (κ2) is 5.13. The first kappa shape index (κ1) is 12.0. The quantitative estimate of drug-likeness (QED) is 0.680. The van der Waals surface area contributed by atoms with Gasteiger partial charge in [-0.2, -0.15) is 0 Å². The summed E-state index contributed by atoms with van der Waals surface area (Å²) < 4.78 is 5.60. The molecular formula is C12H25NO. The summed E-state index contributed by atoms with van der Waals surface area (Å²) in [6, 6.07) is 0.610. The lowest BCUT2D eigenvalue weighted by Crippen LogP contribution is -2.30. The molecule has 0 heterocycles. The van der Waals surface area contributed by atoms with Gasteiger partial charge in [0, 0.05) is 19.2 Å². The van der Waals surface area contributed by atoms with Crippen molar-refractivity contribution >= 4 is 0 Å². The molecule has 0 bridgehead atoms. The zero-order chi connectivity index (χ0) is 10.6. The molecular weight excluding hydrogens is 174 g/mol. The summed E-state index contributed by atoms with van der Waals surface area (Å²) in [4.78, 5) is 0. The molecule has 1 saturated carbocycles. The van der Waals surface area contributed by atoms with E-state index in [1.54, 1.807) is 0 Å². The van der Waals surface area contributed by atoms with Crippen molar-refractivity contribution < 1.29 is 4.74 Å². The van der Waals surface area contributed by atoms with Crippen LogP contribution < -0.4 is 5.32 Å². The molecule has 0 amide bonds. The summed E-state index contributed by atoms with van der Waals surface area (Å²) in [5.74, 6) is 0. The maximum Gasteiger partial charge on any atom is 0.0518 e. The first-order valence-electron chi connectivity index (χ1n) is 5.89. The Morgan fingerprint density at radius 3 is 2.29 bits per heavy atom. The number of hydrogen-bond donors (Lipinski definition) is 1. The number of nitrogens with one attached hydrogen (secondary N) is 1. The summed E-state index contributed by atoms with van der Waals surface area (Å²) in [5.41, 5.74) is 0.582. The maximum absolute atomic E-state index is 5.60. The Kier molecular flexibility index (Phi) is 4.39. The Balaban J connectivity index is 2.09. The molecule has 0 aliphatic heterocycles. The molecule has 0 radical (unpaired) electrons. The largest absolute Gasteiger partial charge is 0.379 e. The molecule has 0 unspecified atom stereocenters.